The molecule has 0 fully saturated rings. The SMILES string of the molecule is CC1(C)c2ccccc2-c2ccc(-c3cccc(-c4cc(-c5ccccc5-c5ccccc5)nc(-c5c6ccccc6cc6c5ccc5ccccc56)n4)c3)cc21. The van der Waals surface area contributed by atoms with Gasteiger partial charge >= 0.3 is 0 Å². The quantitative estimate of drug-likeness (QED) is 0.130. The van der Waals surface area contributed by atoms with E-state index >= 15 is 0 Å². The predicted molar refractivity (Wildman–Crippen MR) is 239 cm³/mol. The Morgan fingerprint density at radius 3 is 1.82 bits per heavy atom. The van der Waals surface area contributed by atoms with Gasteiger partial charge < -0.3 is 0 Å². The van der Waals surface area contributed by atoms with Gasteiger partial charge in [-0.1, -0.05) is 184 Å². The molecule has 9 aromatic carbocycles. The molecule has 0 spiro atoms. The summed E-state index contributed by atoms with van der Waals surface area (Å²) >= 11 is 0. The first-order valence-electron chi connectivity index (χ1n) is 19.7. The van der Waals surface area contributed by atoms with Gasteiger partial charge in [-0.25, -0.2) is 9.97 Å². The average molecular weight is 727 g/mol. The van der Waals surface area contributed by atoms with Crippen molar-refractivity contribution in [1.82, 2.24) is 9.97 Å². The molecule has 1 aliphatic carbocycles. The zero-order valence-electron chi connectivity index (χ0n) is 31.9. The molecule has 0 radical (unpaired) electrons. The van der Waals surface area contributed by atoms with Gasteiger partial charge in [0, 0.05) is 22.1 Å². The molecule has 0 saturated carbocycles. The third kappa shape index (κ3) is 5.40. The Kier molecular flexibility index (Phi) is 7.55. The first-order chi connectivity index (χ1) is 28.0. The Morgan fingerprint density at radius 1 is 0.333 bits per heavy atom. The lowest BCUT2D eigenvalue weighted by molar-refractivity contribution is 0.660. The van der Waals surface area contributed by atoms with Gasteiger partial charge in [0.15, 0.2) is 5.82 Å². The van der Waals surface area contributed by atoms with Crippen LogP contribution in [0.25, 0.3) is 99.6 Å². The van der Waals surface area contributed by atoms with Crippen molar-refractivity contribution >= 4 is 32.3 Å². The number of rotatable bonds is 5. The Hall–Kier alpha value is -7.16. The summed E-state index contributed by atoms with van der Waals surface area (Å²) in [5.74, 6) is 0.713. The summed E-state index contributed by atoms with van der Waals surface area (Å²) in [6.45, 7) is 4.68. The summed E-state index contributed by atoms with van der Waals surface area (Å²) in [4.78, 5) is 11.0. The summed E-state index contributed by atoms with van der Waals surface area (Å²) in [6, 6.07) is 70.1. The normalized spacial score (nSPS) is 12.9. The Bertz CT molecular complexity index is 3210. The van der Waals surface area contributed by atoms with E-state index < -0.39 is 0 Å². The maximum Gasteiger partial charge on any atom is 0.161 e. The maximum atomic E-state index is 5.51. The van der Waals surface area contributed by atoms with E-state index in [0.29, 0.717) is 5.82 Å². The summed E-state index contributed by atoms with van der Waals surface area (Å²) in [6.07, 6.45) is 0. The Labute approximate surface area is 332 Å². The van der Waals surface area contributed by atoms with Gasteiger partial charge in [-0.2, -0.15) is 0 Å². The van der Waals surface area contributed by atoms with Crippen molar-refractivity contribution in [3.05, 3.63) is 205 Å². The van der Waals surface area contributed by atoms with Crippen molar-refractivity contribution in [3.8, 4) is 67.3 Å². The highest BCUT2D eigenvalue weighted by Crippen LogP contribution is 2.50. The van der Waals surface area contributed by atoms with E-state index in [1.54, 1.807) is 0 Å². The van der Waals surface area contributed by atoms with Crippen molar-refractivity contribution in [2.45, 2.75) is 19.3 Å². The van der Waals surface area contributed by atoms with Crippen molar-refractivity contribution in [2.24, 2.45) is 0 Å². The lowest BCUT2D eigenvalue weighted by atomic mass is 9.81. The zero-order chi connectivity index (χ0) is 38.1. The van der Waals surface area contributed by atoms with Gasteiger partial charge in [-0.05, 0) is 101 Å². The number of benzene rings is 9. The predicted octanol–water partition coefficient (Wildman–Crippen LogP) is 14.6. The van der Waals surface area contributed by atoms with Crippen molar-refractivity contribution < 1.29 is 0 Å². The van der Waals surface area contributed by atoms with Gasteiger partial charge in [0.2, 0.25) is 0 Å². The number of aromatic nitrogens is 2. The average Bonchev–Trinajstić information content (AvgIpc) is 3.51. The molecule has 0 saturated heterocycles. The van der Waals surface area contributed by atoms with Gasteiger partial charge in [-0.15, -0.1) is 0 Å². The molecule has 0 aliphatic heterocycles. The largest absolute Gasteiger partial charge is 0.228 e. The minimum atomic E-state index is -0.0747. The minimum Gasteiger partial charge on any atom is -0.228 e. The molecule has 0 bridgehead atoms. The van der Waals surface area contributed by atoms with E-state index in [0.717, 1.165) is 55.5 Å². The van der Waals surface area contributed by atoms with Crippen LogP contribution < -0.4 is 0 Å². The Balaban J connectivity index is 1.15. The lowest BCUT2D eigenvalue weighted by Gasteiger charge is -2.22. The fraction of sp³-hybridized carbons (Fsp3) is 0.0545. The highest BCUT2D eigenvalue weighted by atomic mass is 14.9. The number of fused-ring (bicyclic) bond motifs is 7. The van der Waals surface area contributed by atoms with Gasteiger partial charge in [-0.3, -0.25) is 0 Å². The molecule has 1 heterocycles. The molecule has 0 N–H and O–H groups in total. The van der Waals surface area contributed by atoms with E-state index in [9.17, 15) is 0 Å². The first-order valence-corrected chi connectivity index (χ1v) is 19.7. The van der Waals surface area contributed by atoms with Crippen molar-refractivity contribution in [3.63, 3.8) is 0 Å². The lowest BCUT2D eigenvalue weighted by Crippen LogP contribution is -2.14. The summed E-state index contributed by atoms with van der Waals surface area (Å²) in [7, 11) is 0. The molecule has 1 aliphatic rings. The summed E-state index contributed by atoms with van der Waals surface area (Å²) in [5, 5.41) is 7.08. The molecule has 2 heteroatoms. The third-order valence-electron chi connectivity index (χ3n) is 12.1. The molecule has 57 heavy (non-hydrogen) atoms. The molecular weight excluding hydrogens is 689 g/mol. The number of hydrogen-bond donors (Lipinski definition) is 0. The second kappa shape index (κ2) is 13.0. The van der Waals surface area contributed by atoms with Crippen LogP contribution in [0.3, 0.4) is 0 Å². The van der Waals surface area contributed by atoms with Crippen LogP contribution in [0, 0.1) is 0 Å². The highest BCUT2D eigenvalue weighted by Gasteiger charge is 2.35. The topological polar surface area (TPSA) is 25.8 Å². The van der Waals surface area contributed by atoms with Crippen LogP contribution in [0.5, 0.6) is 0 Å². The summed E-state index contributed by atoms with van der Waals surface area (Å²) < 4.78 is 0. The van der Waals surface area contributed by atoms with Crippen molar-refractivity contribution in [1.29, 1.82) is 0 Å². The van der Waals surface area contributed by atoms with Crippen LogP contribution in [-0.4, -0.2) is 9.97 Å². The first kappa shape index (κ1) is 33.2. The van der Waals surface area contributed by atoms with Crippen LogP contribution in [0.2, 0.25) is 0 Å². The van der Waals surface area contributed by atoms with Crippen LogP contribution in [0.4, 0.5) is 0 Å². The Morgan fingerprint density at radius 2 is 0.965 bits per heavy atom. The monoisotopic (exact) mass is 726 g/mol. The smallest absolute Gasteiger partial charge is 0.161 e. The van der Waals surface area contributed by atoms with Crippen LogP contribution in [0.15, 0.2) is 194 Å². The molecule has 11 rings (SSSR count). The summed E-state index contributed by atoms with van der Waals surface area (Å²) in [5.41, 5.74) is 14.9. The molecule has 268 valence electrons. The molecule has 10 aromatic rings. The van der Waals surface area contributed by atoms with Crippen molar-refractivity contribution in [2.75, 3.05) is 0 Å². The van der Waals surface area contributed by atoms with Gasteiger partial charge in [0.05, 0.1) is 11.4 Å². The van der Waals surface area contributed by atoms with Crippen LogP contribution in [0.1, 0.15) is 25.0 Å². The van der Waals surface area contributed by atoms with Crippen LogP contribution >= 0.6 is 0 Å². The zero-order valence-corrected chi connectivity index (χ0v) is 31.9. The molecular formula is C55H38N2. The van der Waals surface area contributed by atoms with E-state index in [1.807, 2.05) is 0 Å². The van der Waals surface area contributed by atoms with Gasteiger partial charge in [0.25, 0.3) is 0 Å². The maximum absolute atomic E-state index is 5.51. The van der Waals surface area contributed by atoms with E-state index in [2.05, 4.69) is 208 Å². The third-order valence-corrected chi connectivity index (χ3v) is 12.1. The highest BCUT2D eigenvalue weighted by molar-refractivity contribution is 6.19. The van der Waals surface area contributed by atoms with Gasteiger partial charge in [0.1, 0.15) is 0 Å². The number of hydrogen-bond acceptors (Lipinski definition) is 2. The standard InChI is InChI=1S/C55H38N2/c1-55(2)49-26-13-12-24-44(49)45-29-28-38(33-50(45)55)37-19-14-20-40(31-37)51-34-52(46-25-11-10-21-41(46)35-15-4-3-5-16-35)57-54(56-51)53-43-23-9-7-18-39(43)32-48-42-22-8-6-17-36(42)27-30-47(48)53/h3-34H,1-2H3. The van der Waals surface area contributed by atoms with E-state index in [1.165, 1.54) is 49.4 Å². The second-order valence-electron chi connectivity index (χ2n) is 15.7. The van der Waals surface area contributed by atoms with E-state index in [4.69, 9.17) is 9.97 Å². The number of nitrogens with zero attached hydrogens (tertiary/aromatic N) is 2. The molecule has 0 amide bonds. The molecule has 1 aromatic heterocycles. The molecule has 0 atom stereocenters. The fourth-order valence-corrected chi connectivity index (χ4v) is 9.22. The molecule has 2 nitrogen and oxygen atoms in total. The minimum absolute atomic E-state index is 0.0747. The van der Waals surface area contributed by atoms with E-state index in [-0.39, 0.29) is 5.41 Å². The molecule has 0 unspecified atom stereocenters. The second-order valence-corrected chi connectivity index (χ2v) is 15.7. The fourth-order valence-electron chi connectivity index (χ4n) is 9.22. The van der Waals surface area contributed by atoms with Crippen LogP contribution in [-0.2, 0) is 5.41 Å².